The highest BCUT2D eigenvalue weighted by molar-refractivity contribution is 6.31. The van der Waals surface area contributed by atoms with Crippen LogP contribution in [0.15, 0.2) is 24.3 Å². The number of hydrogen-bond donors (Lipinski definition) is 1. The van der Waals surface area contributed by atoms with Gasteiger partial charge in [0.2, 0.25) is 5.95 Å². The highest BCUT2D eigenvalue weighted by Crippen LogP contribution is 2.20. The lowest BCUT2D eigenvalue weighted by molar-refractivity contribution is 0.102. The highest BCUT2D eigenvalue weighted by atomic mass is 35.5. The van der Waals surface area contributed by atoms with Crippen molar-refractivity contribution in [3.05, 3.63) is 46.2 Å². The predicted octanol–water partition coefficient (Wildman–Crippen LogP) is 4.63. The molecule has 6 heteroatoms. The summed E-state index contributed by atoms with van der Waals surface area (Å²) in [4.78, 5) is 23.7. The number of aromatic nitrogens is 2. The van der Waals surface area contributed by atoms with Crippen molar-refractivity contribution in [1.82, 2.24) is 9.97 Å². The van der Waals surface area contributed by atoms with Gasteiger partial charge < -0.3 is 10.2 Å². The second-order valence-corrected chi connectivity index (χ2v) is 6.51. The first-order valence-corrected chi connectivity index (χ1v) is 9.00. The molecule has 0 atom stereocenters. The molecule has 0 saturated heterocycles. The number of nitrogens with one attached hydrogen (secondary N) is 1. The standard InChI is InChI=1S/C19H25ClN4O/c1-5-9-24(10-6-2)19-21-14(4)11-17(23-19)18(25)22-15-8-7-13(3)16(20)12-15/h7-8,11-12H,5-6,9-10H2,1-4H3,(H,22,25). The minimum absolute atomic E-state index is 0.264. The van der Waals surface area contributed by atoms with Gasteiger partial charge in [0.05, 0.1) is 0 Å². The minimum atomic E-state index is -0.264. The zero-order valence-corrected chi connectivity index (χ0v) is 16.0. The maximum atomic E-state index is 12.6. The SMILES string of the molecule is CCCN(CCC)c1nc(C)cc(C(=O)Nc2ccc(C)c(Cl)c2)n1. The summed E-state index contributed by atoms with van der Waals surface area (Å²) in [5.41, 5.74) is 2.75. The monoisotopic (exact) mass is 360 g/mol. The van der Waals surface area contributed by atoms with Gasteiger partial charge in [0.15, 0.2) is 0 Å². The number of hydrogen-bond acceptors (Lipinski definition) is 4. The molecule has 0 unspecified atom stereocenters. The Bertz CT molecular complexity index is 742. The number of benzene rings is 1. The van der Waals surface area contributed by atoms with Crippen LogP contribution in [0.3, 0.4) is 0 Å². The van der Waals surface area contributed by atoms with Crippen molar-refractivity contribution < 1.29 is 4.79 Å². The maximum absolute atomic E-state index is 12.6. The topological polar surface area (TPSA) is 58.1 Å². The molecule has 0 aliphatic carbocycles. The number of carbonyl (C=O) groups excluding carboxylic acids is 1. The normalized spacial score (nSPS) is 10.6. The number of rotatable bonds is 7. The Kier molecular flexibility index (Phi) is 6.76. The molecule has 1 aromatic heterocycles. The maximum Gasteiger partial charge on any atom is 0.274 e. The molecule has 1 amide bonds. The van der Waals surface area contributed by atoms with Gasteiger partial charge in [0, 0.05) is 29.5 Å². The summed E-state index contributed by atoms with van der Waals surface area (Å²) in [7, 11) is 0. The molecule has 1 aromatic carbocycles. The van der Waals surface area contributed by atoms with E-state index < -0.39 is 0 Å². The molecule has 0 radical (unpaired) electrons. The molecule has 0 spiro atoms. The van der Waals surface area contributed by atoms with Crippen molar-refractivity contribution in [2.24, 2.45) is 0 Å². The van der Waals surface area contributed by atoms with Crippen LogP contribution in [0, 0.1) is 13.8 Å². The lowest BCUT2D eigenvalue weighted by Crippen LogP contribution is -2.28. The Morgan fingerprint density at radius 3 is 2.40 bits per heavy atom. The fourth-order valence-corrected chi connectivity index (χ4v) is 2.71. The highest BCUT2D eigenvalue weighted by Gasteiger charge is 2.15. The zero-order chi connectivity index (χ0) is 18.4. The van der Waals surface area contributed by atoms with E-state index in [2.05, 4.69) is 34.0 Å². The van der Waals surface area contributed by atoms with Gasteiger partial charge in [0.1, 0.15) is 5.69 Å². The Morgan fingerprint density at radius 1 is 1.12 bits per heavy atom. The number of anilines is 2. The van der Waals surface area contributed by atoms with Crippen molar-refractivity contribution in [3.8, 4) is 0 Å². The van der Waals surface area contributed by atoms with E-state index in [-0.39, 0.29) is 5.91 Å². The molecule has 0 aliphatic heterocycles. The van der Waals surface area contributed by atoms with Crippen molar-refractivity contribution in [2.45, 2.75) is 40.5 Å². The summed E-state index contributed by atoms with van der Waals surface area (Å²) >= 11 is 6.12. The quantitative estimate of drug-likeness (QED) is 0.782. The van der Waals surface area contributed by atoms with Gasteiger partial charge in [-0.1, -0.05) is 31.5 Å². The second kappa shape index (κ2) is 8.81. The van der Waals surface area contributed by atoms with Crippen LogP contribution in [-0.2, 0) is 0 Å². The molecular weight excluding hydrogens is 336 g/mol. The van der Waals surface area contributed by atoms with Crippen molar-refractivity contribution in [1.29, 1.82) is 0 Å². The molecule has 1 heterocycles. The minimum Gasteiger partial charge on any atom is -0.341 e. The number of aryl methyl sites for hydroxylation is 2. The molecule has 134 valence electrons. The summed E-state index contributed by atoms with van der Waals surface area (Å²) in [6, 6.07) is 7.14. The van der Waals surface area contributed by atoms with Gasteiger partial charge in [-0.2, -0.15) is 0 Å². The van der Waals surface area contributed by atoms with Crippen LogP contribution in [0.25, 0.3) is 0 Å². The summed E-state index contributed by atoms with van der Waals surface area (Å²) in [5, 5.41) is 3.47. The third kappa shape index (κ3) is 5.16. The van der Waals surface area contributed by atoms with E-state index in [1.165, 1.54) is 0 Å². The Morgan fingerprint density at radius 2 is 1.80 bits per heavy atom. The van der Waals surface area contributed by atoms with Gasteiger partial charge >= 0.3 is 0 Å². The van der Waals surface area contributed by atoms with Gasteiger partial charge in [-0.3, -0.25) is 4.79 Å². The first-order chi connectivity index (χ1) is 11.9. The van der Waals surface area contributed by atoms with Gasteiger partial charge in [-0.25, -0.2) is 9.97 Å². The van der Waals surface area contributed by atoms with Crippen LogP contribution < -0.4 is 10.2 Å². The summed E-state index contributed by atoms with van der Waals surface area (Å²) in [6.45, 7) is 9.77. The van der Waals surface area contributed by atoms with E-state index in [1.807, 2.05) is 26.0 Å². The molecule has 1 N–H and O–H groups in total. The number of carbonyl (C=O) groups is 1. The van der Waals surface area contributed by atoms with Crippen LogP contribution in [0.4, 0.5) is 11.6 Å². The summed E-state index contributed by atoms with van der Waals surface area (Å²) < 4.78 is 0. The molecule has 2 rings (SSSR count). The molecular formula is C19H25ClN4O. The van der Waals surface area contributed by atoms with Crippen LogP contribution in [0.2, 0.25) is 5.02 Å². The van der Waals surface area contributed by atoms with Gasteiger partial charge in [0.25, 0.3) is 5.91 Å². The van der Waals surface area contributed by atoms with Crippen LogP contribution >= 0.6 is 11.6 Å². The van der Waals surface area contributed by atoms with Crippen molar-refractivity contribution >= 4 is 29.1 Å². The van der Waals surface area contributed by atoms with E-state index >= 15 is 0 Å². The fraction of sp³-hybridized carbons (Fsp3) is 0.421. The fourth-order valence-electron chi connectivity index (χ4n) is 2.53. The van der Waals surface area contributed by atoms with Gasteiger partial charge in [-0.05, 0) is 50.5 Å². The summed E-state index contributed by atoms with van der Waals surface area (Å²) in [6.07, 6.45) is 2.00. The zero-order valence-electron chi connectivity index (χ0n) is 15.3. The Labute approximate surface area is 154 Å². The van der Waals surface area contributed by atoms with Crippen molar-refractivity contribution in [3.63, 3.8) is 0 Å². The van der Waals surface area contributed by atoms with E-state index in [4.69, 9.17) is 11.6 Å². The van der Waals surface area contributed by atoms with E-state index in [1.54, 1.807) is 12.1 Å². The lowest BCUT2D eigenvalue weighted by atomic mass is 10.2. The van der Waals surface area contributed by atoms with E-state index in [9.17, 15) is 4.79 Å². The van der Waals surface area contributed by atoms with Crippen LogP contribution in [0.1, 0.15) is 48.4 Å². The average Bonchev–Trinajstić information content (AvgIpc) is 2.57. The summed E-state index contributed by atoms with van der Waals surface area (Å²) in [5.74, 6) is 0.343. The van der Waals surface area contributed by atoms with Crippen molar-refractivity contribution in [2.75, 3.05) is 23.3 Å². The second-order valence-electron chi connectivity index (χ2n) is 6.10. The molecule has 2 aromatic rings. The average molecular weight is 361 g/mol. The van der Waals surface area contributed by atoms with Crippen LogP contribution in [-0.4, -0.2) is 29.0 Å². The molecule has 0 fully saturated rings. The third-order valence-corrected chi connectivity index (χ3v) is 4.18. The van der Waals surface area contributed by atoms with E-state index in [0.29, 0.717) is 22.4 Å². The molecule has 0 aliphatic rings. The largest absolute Gasteiger partial charge is 0.341 e. The molecule has 5 nitrogen and oxygen atoms in total. The lowest BCUT2D eigenvalue weighted by Gasteiger charge is -2.22. The number of halogens is 1. The van der Waals surface area contributed by atoms with E-state index in [0.717, 1.165) is 37.2 Å². The predicted molar refractivity (Wildman–Crippen MR) is 104 cm³/mol. The number of nitrogens with zero attached hydrogens (tertiary/aromatic N) is 3. The third-order valence-electron chi connectivity index (χ3n) is 3.77. The number of amides is 1. The first-order valence-electron chi connectivity index (χ1n) is 8.62. The smallest absolute Gasteiger partial charge is 0.274 e. The molecule has 0 bridgehead atoms. The first kappa shape index (κ1) is 19.2. The molecule has 25 heavy (non-hydrogen) atoms. The van der Waals surface area contributed by atoms with Crippen LogP contribution in [0.5, 0.6) is 0 Å². The molecule has 0 saturated carbocycles. The van der Waals surface area contributed by atoms with Gasteiger partial charge in [-0.15, -0.1) is 0 Å². The Hall–Kier alpha value is -2.14. The Balaban J connectivity index is 2.25.